The van der Waals surface area contributed by atoms with Crippen molar-refractivity contribution in [2.24, 2.45) is 0 Å². The maximum atomic E-state index is 11.5. The molecule has 28 heavy (non-hydrogen) atoms. The van der Waals surface area contributed by atoms with E-state index in [0.717, 1.165) is 0 Å². The largest absolute Gasteiger partial charge is 0.505 e. The highest BCUT2D eigenvalue weighted by Gasteiger charge is 2.25. The zero-order valence-corrected chi connectivity index (χ0v) is 16.9. The summed E-state index contributed by atoms with van der Waals surface area (Å²) in [5, 5.41) is 24.8. The zero-order chi connectivity index (χ0) is 21.3. The number of nitrogens with one attached hydrogen (secondary N) is 2. The lowest BCUT2D eigenvalue weighted by atomic mass is 10.2. The van der Waals surface area contributed by atoms with E-state index in [-0.39, 0.29) is 24.5 Å². The van der Waals surface area contributed by atoms with E-state index in [9.17, 15) is 38.9 Å². The van der Waals surface area contributed by atoms with Crippen molar-refractivity contribution in [2.75, 3.05) is 23.7 Å². The van der Waals surface area contributed by atoms with Crippen LogP contribution >= 0.6 is 15.2 Å². The molecule has 12 heteroatoms. The van der Waals surface area contributed by atoms with Crippen molar-refractivity contribution in [3.63, 3.8) is 0 Å². The summed E-state index contributed by atoms with van der Waals surface area (Å²) in [5.41, 5.74) is 1.33. The fraction of sp³-hybridized carbons (Fsp3) is 0.250. The lowest BCUT2D eigenvalue weighted by Crippen LogP contribution is -2.17. The Morgan fingerprint density at radius 3 is 1.32 bits per heavy atom. The molecule has 0 bridgehead atoms. The molecule has 0 aliphatic carbocycles. The summed E-state index contributed by atoms with van der Waals surface area (Å²) in [7, 11) is -9.29. The lowest BCUT2D eigenvalue weighted by Gasteiger charge is -2.16. The molecule has 2 aromatic carbocycles. The van der Waals surface area contributed by atoms with Crippen LogP contribution in [0.4, 0.5) is 11.4 Å². The van der Waals surface area contributed by atoms with Gasteiger partial charge in [0.25, 0.3) is 0 Å². The van der Waals surface area contributed by atoms with E-state index >= 15 is 0 Å². The molecular formula is C16H22N2O8P2. The lowest BCUT2D eigenvalue weighted by molar-refractivity contribution is 0.382. The van der Waals surface area contributed by atoms with E-state index in [2.05, 4.69) is 10.6 Å². The molecule has 0 unspecified atom stereocenters. The molecule has 0 aliphatic rings. The predicted molar refractivity (Wildman–Crippen MR) is 106 cm³/mol. The van der Waals surface area contributed by atoms with Crippen molar-refractivity contribution in [3.8, 4) is 11.5 Å². The number of hydrogen-bond donors (Lipinski definition) is 8. The molecule has 0 heterocycles. The van der Waals surface area contributed by atoms with E-state index in [1.165, 1.54) is 24.3 Å². The van der Waals surface area contributed by atoms with Gasteiger partial charge in [0.2, 0.25) is 0 Å². The Morgan fingerprint density at radius 2 is 1.04 bits per heavy atom. The van der Waals surface area contributed by atoms with Crippen LogP contribution in [0.1, 0.15) is 11.1 Å². The zero-order valence-electron chi connectivity index (χ0n) is 15.1. The molecular weight excluding hydrogens is 410 g/mol. The number of anilines is 2. The summed E-state index contributed by atoms with van der Waals surface area (Å²) in [6.07, 6.45) is 0. The molecule has 8 N–H and O–H groups in total. The van der Waals surface area contributed by atoms with E-state index in [4.69, 9.17) is 0 Å². The van der Waals surface area contributed by atoms with Crippen LogP contribution in [0.15, 0.2) is 24.3 Å². The topological polar surface area (TPSA) is 180 Å². The van der Waals surface area contributed by atoms with Gasteiger partial charge >= 0.3 is 15.2 Å². The molecule has 0 radical (unpaired) electrons. The van der Waals surface area contributed by atoms with Crippen LogP contribution in [0.5, 0.6) is 11.5 Å². The number of phenolic OH excluding ortho intramolecular Hbond substituents is 2. The minimum Gasteiger partial charge on any atom is -0.505 e. The maximum Gasteiger partial charge on any atom is 0.360 e. The maximum absolute atomic E-state index is 11.5. The van der Waals surface area contributed by atoms with Crippen molar-refractivity contribution >= 4 is 37.2 Å². The Morgan fingerprint density at radius 1 is 0.714 bits per heavy atom. The van der Waals surface area contributed by atoms with Gasteiger partial charge < -0.3 is 40.4 Å². The van der Waals surface area contributed by atoms with Gasteiger partial charge in [-0.2, -0.15) is 0 Å². The molecule has 0 aromatic heterocycles. The fourth-order valence-corrected chi connectivity index (χ4v) is 4.16. The smallest absolute Gasteiger partial charge is 0.360 e. The Balaban J connectivity index is 2.13. The Hall–Kier alpha value is -2.06. The second-order valence-electron chi connectivity index (χ2n) is 6.30. The third-order valence-electron chi connectivity index (χ3n) is 3.85. The van der Waals surface area contributed by atoms with Crippen LogP contribution in [0.2, 0.25) is 0 Å². The highest BCUT2D eigenvalue weighted by Crippen LogP contribution is 2.41. The second-order valence-corrected chi connectivity index (χ2v) is 9.44. The Kier molecular flexibility index (Phi) is 6.45. The van der Waals surface area contributed by atoms with Crippen LogP contribution in [0.25, 0.3) is 0 Å². The number of aryl methyl sites for hydroxylation is 2. The van der Waals surface area contributed by atoms with E-state index < -0.39 is 37.3 Å². The molecule has 0 spiro atoms. The van der Waals surface area contributed by atoms with E-state index in [0.29, 0.717) is 11.1 Å². The normalized spacial score (nSPS) is 12.1. The van der Waals surface area contributed by atoms with Gasteiger partial charge in [0.1, 0.15) is 10.6 Å². The molecule has 10 nitrogen and oxygen atoms in total. The Labute approximate surface area is 161 Å². The van der Waals surface area contributed by atoms with Crippen molar-refractivity contribution in [2.45, 2.75) is 13.8 Å². The van der Waals surface area contributed by atoms with Gasteiger partial charge in [-0.15, -0.1) is 0 Å². The first-order chi connectivity index (χ1) is 12.8. The van der Waals surface area contributed by atoms with Gasteiger partial charge in [-0.25, -0.2) is 0 Å². The number of rotatable bonds is 7. The first kappa shape index (κ1) is 22.2. The summed E-state index contributed by atoms with van der Waals surface area (Å²) < 4.78 is 22.9. The molecule has 0 aliphatic heterocycles. The van der Waals surface area contributed by atoms with Crippen LogP contribution in [0, 0.1) is 13.8 Å². The predicted octanol–water partition coefficient (Wildman–Crippen LogP) is 0.845. The highest BCUT2D eigenvalue weighted by atomic mass is 31.2. The van der Waals surface area contributed by atoms with Gasteiger partial charge in [0.15, 0.2) is 11.5 Å². The minimum atomic E-state index is -4.64. The summed E-state index contributed by atoms with van der Waals surface area (Å²) in [6.45, 7) is 3.60. The van der Waals surface area contributed by atoms with Gasteiger partial charge in [-0.05, 0) is 49.2 Å². The third kappa shape index (κ3) is 5.26. The van der Waals surface area contributed by atoms with Gasteiger partial charge in [-0.3, -0.25) is 9.13 Å². The van der Waals surface area contributed by atoms with Crippen LogP contribution in [-0.2, 0) is 9.13 Å². The fourth-order valence-electron chi connectivity index (χ4n) is 2.63. The number of benzene rings is 2. The summed E-state index contributed by atoms with van der Waals surface area (Å²) in [6, 6.07) is 5.44. The number of phenols is 2. The number of aromatic hydroxyl groups is 2. The van der Waals surface area contributed by atoms with Crippen LogP contribution in [-0.4, -0.2) is 42.9 Å². The average molecular weight is 432 g/mol. The molecule has 154 valence electrons. The average Bonchev–Trinajstić information content (AvgIpc) is 2.54. The van der Waals surface area contributed by atoms with E-state index in [1.807, 2.05) is 0 Å². The monoisotopic (exact) mass is 432 g/mol. The van der Waals surface area contributed by atoms with Crippen molar-refractivity contribution in [3.05, 3.63) is 35.4 Å². The molecule has 0 saturated heterocycles. The first-order valence-electron chi connectivity index (χ1n) is 8.08. The standard InChI is InChI=1S/C16H22N2O8P2/c1-9-5-11(15(19)13(7-9)27(21,22)23)17-3-4-18-12-6-10(2)8-14(16(12)20)28(24,25)26/h5-8,17-20H,3-4H2,1-2H3,(H2,21,22,23)(H2,24,25,26). The summed E-state index contributed by atoms with van der Waals surface area (Å²) in [4.78, 5) is 37.2. The summed E-state index contributed by atoms with van der Waals surface area (Å²) >= 11 is 0. The summed E-state index contributed by atoms with van der Waals surface area (Å²) in [5.74, 6) is -1.11. The highest BCUT2D eigenvalue weighted by molar-refractivity contribution is 7.60. The molecule has 0 saturated carbocycles. The molecule has 0 atom stereocenters. The van der Waals surface area contributed by atoms with Gasteiger partial charge in [0.05, 0.1) is 11.4 Å². The SMILES string of the molecule is Cc1cc(NCCNc2cc(C)cc(P(=O)(O)O)c2O)c(O)c(P(=O)(O)O)c1. The molecule has 2 aromatic rings. The van der Waals surface area contributed by atoms with Gasteiger partial charge in [-0.1, -0.05) is 0 Å². The second kappa shape index (κ2) is 8.13. The van der Waals surface area contributed by atoms with E-state index in [1.54, 1.807) is 13.8 Å². The minimum absolute atomic E-state index is 0.129. The van der Waals surface area contributed by atoms with Crippen molar-refractivity contribution < 1.29 is 38.9 Å². The van der Waals surface area contributed by atoms with Crippen LogP contribution in [0.3, 0.4) is 0 Å². The molecule has 0 amide bonds. The Bertz CT molecular complexity index is 904. The van der Waals surface area contributed by atoms with Gasteiger partial charge in [0, 0.05) is 13.1 Å². The van der Waals surface area contributed by atoms with Crippen molar-refractivity contribution in [1.82, 2.24) is 0 Å². The molecule has 0 fully saturated rings. The van der Waals surface area contributed by atoms with Crippen LogP contribution < -0.4 is 21.2 Å². The first-order valence-corrected chi connectivity index (χ1v) is 11.3. The quantitative estimate of drug-likeness (QED) is 0.178. The third-order valence-corrected chi connectivity index (χ3v) is 5.79. The van der Waals surface area contributed by atoms with Crippen molar-refractivity contribution in [1.29, 1.82) is 0 Å². The molecule has 2 rings (SSSR count). The number of hydrogen-bond acceptors (Lipinski definition) is 6.